The Morgan fingerprint density at radius 2 is 2.02 bits per heavy atom. The highest BCUT2D eigenvalue weighted by atomic mass is 19.1. The van der Waals surface area contributed by atoms with Gasteiger partial charge in [-0.05, 0) is 55.1 Å². The number of nitrogens with zero attached hydrogens (tertiary/aromatic N) is 5. The van der Waals surface area contributed by atoms with Crippen molar-refractivity contribution in [3.8, 4) is 5.75 Å². The quantitative estimate of drug-likeness (QED) is 0.363. The molecule has 2 aromatic heterocycles. The maximum absolute atomic E-state index is 14.8. The average molecular weight is 552 g/mol. The van der Waals surface area contributed by atoms with Crippen molar-refractivity contribution in [3.05, 3.63) is 52.7 Å². The summed E-state index contributed by atoms with van der Waals surface area (Å²) in [5, 5.41) is 4.09. The van der Waals surface area contributed by atoms with Crippen LogP contribution in [0.3, 0.4) is 0 Å². The van der Waals surface area contributed by atoms with E-state index in [0.29, 0.717) is 55.3 Å². The fourth-order valence-corrected chi connectivity index (χ4v) is 6.19. The van der Waals surface area contributed by atoms with Crippen molar-refractivity contribution in [3.63, 3.8) is 0 Å². The Hall–Kier alpha value is -3.43. The number of oxazole rings is 1. The number of aryl methyl sites for hydroxylation is 1. The summed E-state index contributed by atoms with van der Waals surface area (Å²) in [7, 11) is 0. The number of halogens is 1. The molecule has 2 fully saturated rings. The van der Waals surface area contributed by atoms with Crippen LogP contribution in [-0.4, -0.2) is 52.2 Å². The van der Waals surface area contributed by atoms with Crippen LogP contribution in [0.1, 0.15) is 74.2 Å². The lowest BCUT2D eigenvalue weighted by Gasteiger charge is -2.30. The van der Waals surface area contributed by atoms with Gasteiger partial charge < -0.3 is 23.5 Å². The van der Waals surface area contributed by atoms with Gasteiger partial charge in [0.1, 0.15) is 17.3 Å². The van der Waals surface area contributed by atoms with Gasteiger partial charge in [-0.25, -0.2) is 9.37 Å². The molecule has 2 atom stereocenters. The molecule has 9 nitrogen and oxygen atoms in total. The number of hydrogen-bond donors (Lipinski definition) is 0. The summed E-state index contributed by atoms with van der Waals surface area (Å²) in [6.07, 6.45) is 5.18. The monoisotopic (exact) mass is 551 g/mol. The third-order valence-electron chi connectivity index (χ3n) is 8.65. The minimum atomic E-state index is -0.406. The van der Waals surface area contributed by atoms with Crippen molar-refractivity contribution >= 4 is 11.9 Å². The van der Waals surface area contributed by atoms with E-state index < -0.39 is 5.82 Å². The van der Waals surface area contributed by atoms with Gasteiger partial charge >= 0.3 is 6.01 Å². The average Bonchev–Trinajstić information content (AvgIpc) is 3.35. The Labute approximate surface area is 234 Å². The molecule has 0 bridgehead atoms. The van der Waals surface area contributed by atoms with Crippen molar-refractivity contribution in [1.29, 1.82) is 0 Å². The molecule has 1 saturated heterocycles. The largest absolute Gasteiger partial charge is 0.493 e. The SMILES string of the molecule is Cc1nc2c(o1)CN(C(=O)Cc1ccc(OCCC3CC3C3CCN(c4nc(C(C)C)no4)CC3)cc1F)CC2. The molecule has 1 saturated carbocycles. The van der Waals surface area contributed by atoms with Crippen LogP contribution in [-0.2, 0) is 24.2 Å². The highest BCUT2D eigenvalue weighted by Gasteiger charge is 2.43. The highest BCUT2D eigenvalue weighted by Crippen LogP contribution is 2.50. The lowest BCUT2D eigenvalue weighted by Crippen LogP contribution is -2.36. The number of aromatic nitrogens is 3. The van der Waals surface area contributed by atoms with Crippen molar-refractivity contribution in [2.75, 3.05) is 31.1 Å². The molecule has 1 amide bonds. The summed E-state index contributed by atoms with van der Waals surface area (Å²) in [6, 6.07) is 5.48. The van der Waals surface area contributed by atoms with Gasteiger partial charge in [0.2, 0.25) is 5.91 Å². The first-order valence-electron chi connectivity index (χ1n) is 14.6. The summed E-state index contributed by atoms with van der Waals surface area (Å²) in [6.45, 7) is 9.38. The predicted molar refractivity (Wildman–Crippen MR) is 145 cm³/mol. The molecule has 1 aliphatic carbocycles. The molecule has 214 valence electrons. The maximum atomic E-state index is 14.8. The number of hydrogen-bond acceptors (Lipinski definition) is 8. The lowest BCUT2D eigenvalue weighted by atomic mass is 9.90. The Bertz CT molecular complexity index is 1350. The molecule has 40 heavy (non-hydrogen) atoms. The molecule has 0 radical (unpaired) electrons. The van der Waals surface area contributed by atoms with Crippen LogP contribution in [0.4, 0.5) is 10.4 Å². The minimum Gasteiger partial charge on any atom is -0.493 e. The molecule has 0 N–H and O–H groups in total. The van der Waals surface area contributed by atoms with Gasteiger partial charge in [0.15, 0.2) is 11.7 Å². The molecule has 3 aliphatic rings. The molecule has 6 rings (SSSR count). The molecule has 2 aliphatic heterocycles. The van der Waals surface area contributed by atoms with Crippen LogP contribution in [0.5, 0.6) is 5.75 Å². The van der Waals surface area contributed by atoms with Crippen LogP contribution in [0.25, 0.3) is 0 Å². The number of rotatable bonds is 9. The van der Waals surface area contributed by atoms with E-state index >= 15 is 0 Å². The molecule has 4 heterocycles. The van der Waals surface area contributed by atoms with Crippen LogP contribution >= 0.6 is 0 Å². The molecular weight excluding hydrogens is 513 g/mol. The fourth-order valence-electron chi connectivity index (χ4n) is 6.19. The van der Waals surface area contributed by atoms with Crippen LogP contribution in [0.15, 0.2) is 27.1 Å². The van der Waals surface area contributed by atoms with E-state index in [1.54, 1.807) is 24.0 Å². The molecular formula is C30H38FN5O4. The third kappa shape index (κ3) is 5.86. The summed E-state index contributed by atoms with van der Waals surface area (Å²) in [5.74, 6) is 4.51. The van der Waals surface area contributed by atoms with Crippen molar-refractivity contribution in [2.45, 2.75) is 71.8 Å². The normalized spacial score (nSPS) is 21.1. The number of carbonyl (C=O) groups is 1. The van der Waals surface area contributed by atoms with Gasteiger partial charge in [0.05, 0.1) is 25.3 Å². The van der Waals surface area contributed by atoms with E-state index in [-0.39, 0.29) is 18.2 Å². The standard InChI is InChI=1S/C30H38FN5O4/c1-18(2)29-33-30(40-34-29)35-10-6-20(7-11-35)24-14-21(24)9-13-38-23-5-4-22(25(31)16-23)15-28(37)36-12-8-26-27(17-36)39-19(3)32-26/h4-5,16,18,20-21,24H,6-15,17H2,1-3H3. The first kappa shape index (κ1) is 26.8. The van der Waals surface area contributed by atoms with Gasteiger partial charge in [0, 0.05) is 45.0 Å². The van der Waals surface area contributed by atoms with Crippen LogP contribution in [0, 0.1) is 30.5 Å². The maximum Gasteiger partial charge on any atom is 0.324 e. The Morgan fingerprint density at radius 1 is 1.20 bits per heavy atom. The predicted octanol–water partition coefficient (Wildman–Crippen LogP) is 5.08. The molecule has 2 unspecified atom stereocenters. The zero-order valence-corrected chi connectivity index (χ0v) is 23.6. The van der Waals surface area contributed by atoms with E-state index in [0.717, 1.165) is 61.5 Å². The van der Waals surface area contributed by atoms with Gasteiger partial charge in [-0.3, -0.25) is 4.79 Å². The zero-order valence-electron chi connectivity index (χ0n) is 23.6. The second kappa shape index (κ2) is 11.2. The minimum absolute atomic E-state index is 0.0164. The number of benzene rings is 1. The van der Waals surface area contributed by atoms with Gasteiger partial charge in [-0.15, -0.1) is 0 Å². The van der Waals surface area contributed by atoms with E-state index in [4.69, 9.17) is 13.7 Å². The summed E-state index contributed by atoms with van der Waals surface area (Å²) >= 11 is 0. The lowest BCUT2D eigenvalue weighted by molar-refractivity contribution is -0.131. The van der Waals surface area contributed by atoms with E-state index in [1.807, 2.05) is 0 Å². The molecule has 1 aromatic carbocycles. The van der Waals surface area contributed by atoms with Crippen molar-refractivity contribution in [1.82, 2.24) is 20.0 Å². The number of fused-ring (bicyclic) bond motifs is 1. The van der Waals surface area contributed by atoms with E-state index in [1.165, 1.54) is 12.5 Å². The second-order valence-electron chi connectivity index (χ2n) is 11.8. The first-order valence-corrected chi connectivity index (χ1v) is 14.6. The Kier molecular flexibility index (Phi) is 7.51. The number of carbonyl (C=O) groups excluding carboxylic acids is 1. The number of ether oxygens (including phenoxy) is 1. The highest BCUT2D eigenvalue weighted by molar-refractivity contribution is 5.79. The third-order valence-corrected chi connectivity index (χ3v) is 8.65. The number of amides is 1. The van der Waals surface area contributed by atoms with Crippen LogP contribution < -0.4 is 9.64 Å². The summed E-state index contributed by atoms with van der Waals surface area (Å²) < 4.78 is 31.8. The molecule has 10 heteroatoms. The molecule has 3 aromatic rings. The Morgan fingerprint density at radius 3 is 2.77 bits per heavy atom. The van der Waals surface area contributed by atoms with Gasteiger partial charge in [-0.2, -0.15) is 4.98 Å². The Balaban J connectivity index is 0.918. The smallest absolute Gasteiger partial charge is 0.324 e. The summed E-state index contributed by atoms with van der Waals surface area (Å²) in [4.78, 5) is 25.6. The second-order valence-corrected chi connectivity index (χ2v) is 11.8. The molecule has 0 spiro atoms. The van der Waals surface area contributed by atoms with Gasteiger partial charge in [0.25, 0.3) is 0 Å². The van der Waals surface area contributed by atoms with Crippen molar-refractivity contribution in [2.24, 2.45) is 17.8 Å². The fraction of sp³-hybridized carbons (Fsp3) is 0.600. The zero-order chi connectivity index (χ0) is 27.8. The van der Waals surface area contributed by atoms with E-state index in [9.17, 15) is 9.18 Å². The van der Waals surface area contributed by atoms with Crippen molar-refractivity contribution < 1.29 is 22.9 Å². The summed E-state index contributed by atoms with van der Waals surface area (Å²) in [5.41, 5.74) is 1.30. The number of anilines is 1. The van der Waals surface area contributed by atoms with E-state index in [2.05, 4.69) is 33.9 Å². The van der Waals surface area contributed by atoms with Crippen LogP contribution in [0.2, 0.25) is 0 Å². The van der Waals surface area contributed by atoms with Gasteiger partial charge in [-0.1, -0.05) is 25.1 Å². The first-order chi connectivity index (χ1) is 19.3. The number of piperidine rings is 1. The topological polar surface area (TPSA) is 97.7 Å².